The number of aliphatic hydroxyl groups is 1. The van der Waals surface area contributed by atoms with E-state index in [2.05, 4.69) is 51.1 Å². The van der Waals surface area contributed by atoms with Crippen molar-refractivity contribution in [2.24, 2.45) is 0 Å². The zero-order chi connectivity index (χ0) is 20.2. The molecule has 4 rings (SSSR count). The van der Waals surface area contributed by atoms with E-state index in [0.29, 0.717) is 0 Å². The summed E-state index contributed by atoms with van der Waals surface area (Å²) in [5.41, 5.74) is 5.89. The lowest BCUT2D eigenvalue weighted by Gasteiger charge is -2.36. The van der Waals surface area contributed by atoms with Crippen LogP contribution in [0.15, 0.2) is 42.5 Å². The van der Waals surface area contributed by atoms with Crippen LogP contribution < -0.4 is 4.90 Å². The SMILES string of the molecule is CC(=O)c1ccc2c(c1)N(CCCN1CCN(CCO)CC1)c1ccccc1C2. The fourth-order valence-corrected chi connectivity index (χ4v) is 4.51. The number of carbonyl (C=O) groups excluding carboxylic acids is 1. The Morgan fingerprint density at radius 3 is 2.31 bits per heavy atom. The number of piperazine rings is 1. The van der Waals surface area contributed by atoms with Crippen LogP contribution in [-0.4, -0.2) is 73.1 Å². The summed E-state index contributed by atoms with van der Waals surface area (Å²) in [7, 11) is 0. The van der Waals surface area contributed by atoms with Gasteiger partial charge in [0.1, 0.15) is 0 Å². The standard InChI is InChI=1S/C24H31N3O2/c1-19(29)20-7-8-22-17-21-5-2-3-6-23(21)27(24(22)18-20)10-4-9-25-11-13-26(14-12-25)15-16-28/h2-3,5-8,18,28H,4,9-17H2,1H3. The number of carbonyl (C=O) groups is 1. The van der Waals surface area contributed by atoms with Crippen LogP contribution in [0.1, 0.15) is 34.8 Å². The maximum atomic E-state index is 11.9. The van der Waals surface area contributed by atoms with Crippen LogP contribution in [0.25, 0.3) is 0 Å². The molecule has 1 N–H and O–H groups in total. The van der Waals surface area contributed by atoms with Gasteiger partial charge in [-0.2, -0.15) is 0 Å². The smallest absolute Gasteiger partial charge is 0.159 e. The van der Waals surface area contributed by atoms with E-state index in [1.807, 2.05) is 6.07 Å². The highest BCUT2D eigenvalue weighted by Gasteiger charge is 2.23. The minimum absolute atomic E-state index is 0.118. The zero-order valence-electron chi connectivity index (χ0n) is 17.3. The number of benzene rings is 2. The summed E-state index contributed by atoms with van der Waals surface area (Å²) in [6.07, 6.45) is 2.01. The maximum Gasteiger partial charge on any atom is 0.159 e. The molecule has 0 saturated carbocycles. The molecule has 0 spiro atoms. The number of hydrogen-bond acceptors (Lipinski definition) is 5. The van der Waals surface area contributed by atoms with Crippen LogP contribution in [0.4, 0.5) is 11.4 Å². The number of β-amino-alcohol motifs (C(OH)–C–C–N with tert-alkyl or cyclic N) is 1. The van der Waals surface area contributed by atoms with E-state index in [4.69, 9.17) is 5.11 Å². The van der Waals surface area contributed by atoms with Crippen molar-refractivity contribution in [1.82, 2.24) is 9.80 Å². The molecule has 0 aliphatic carbocycles. The minimum Gasteiger partial charge on any atom is -0.395 e. The molecule has 0 bridgehead atoms. The molecule has 2 aromatic rings. The number of aliphatic hydroxyl groups excluding tert-OH is 1. The van der Waals surface area contributed by atoms with E-state index in [-0.39, 0.29) is 12.4 Å². The van der Waals surface area contributed by atoms with Crippen LogP contribution in [0.2, 0.25) is 0 Å². The Labute approximate surface area is 173 Å². The van der Waals surface area contributed by atoms with Crippen molar-refractivity contribution in [2.75, 3.05) is 57.3 Å². The van der Waals surface area contributed by atoms with Crippen LogP contribution in [0.5, 0.6) is 0 Å². The van der Waals surface area contributed by atoms with E-state index < -0.39 is 0 Å². The molecule has 0 amide bonds. The van der Waals surface area contributed by atoms with Crippen molar-refractivity contribution in [3.05, 3.63) is 59.2 Å². The average molecular weight is 394 g/mol. The van der Waals surface area contributed by atoms with Gasteiger partial charge in [-0.3, -0.25) is 9.69 Å². The second-order valence-corrected chi connectivity index (χ2v) is 8.12. The summed E-state index contributed by atoms with van der Waals surface area (Å²) in [6, 6.07) is 14.8. The molecule has 0 atom stereocenters. The van der Waals surface area contributed by atoms with Crippen molar-refractivity contribution >= 4 is 17.2 Å². The topological polar surface area (TPSA) is 47.0 Å². The van der Waals surface area contributed by atoms with E-state index >= 15 is 0 Å². The first-order valence-electron chi connectivity index (χ1n) is 10.7. The van der Waals surface area contributed by atoms with E-state index in [0.717, 1.165) is 64.2 Å². The second kappa shape index (κ2) is 9.08. The Bertz CT molecular complexity index is 859. The van der Waals surface area contributed by atoms with Gasteiger partial charge >= 0.3 is 0 Å². The number of ketones is 1. The van der Waals surface area contributed by atoms with Crippen molar-refractivity contribution < 1.29 is 9.90 Å². The van der Waals surface area contributed by atoms with Crippen LogP contribution in [0, 0.1) is 0 Å². The highest BCUT2D eigenvalue weighted by molar-refractivity contribution is 5.95. The first kappa shape index (κ1) is 20.1. The third-order valence-corrected chi connectivity index (χ3v) is 6.18. The fourth-order valence-electron chi connectivity index (χ4n) is 4.51. The van der Waals surface area contributed by atoms with Gasteiger partial charge in [0, 0.05) is 62.6 Å². The number of hydrogen-bond donors (Lipinski definition) is 1. The Morgan fingerprint density at radius 1 is 0.897 bits per heavy atom. The highest BCUT2D eigenvalue weighted by atomic mass is 16.3. The van der Waals surface area contributed by atoms with Gasteiger partial charge in [0.05, 0.1) is 6.61 Å². The quantitative estimate of drug-likeness (QED) is 0.733. The maximum absolute atomic E-state index is 11.9. The van der Waals surface area contributed by atoms with E-state index in [1.54, 1.807) is 6.92 Å². The Hall–Kier alpha value is -2.21. The predicted octanol–water partition coefficient (Wildman–Crippen LogP) is 2.93. The number of fused-ring (bicyclic) bond motifs is 2. The number of para-hydroxylation sites is 1. The lowest BCUT2D eigenvalue weighted by molar-refractivity contribution is 0.101. The normalized spacial score (nSPS) is 17.1. The molecule has 2 aliphatic rings. The molecule has 0 unspecified atom stereocenters. The number of nitrogens with zero attached hydrogens (tertiary/aromatic N) is 3. The van der Waals surface area contributed by atoms with Crippen molar-refractivity contribution in [1.29, 1.82) is 0 Å². The molecule has 5 nitrogen and oxygen atoms in total. The summed E-state index contributed by atoms with van der Waals surface area (Å²) in [4.78, 5) is 19.2. The summed E-state index contributed by atoms with van der Waals surface area (Å²) in [5, 5.41) is 9.10. The molecule has 2 aliphatic heterocycles. The van der Waals surface area contributed by atoms with Gasteiger partial charge in [0.25, 0.3) is 0 Å². The van der Waals surface area contributed by atoms with Crippen molar-refractivity contribution in [3.63, 3.8) is 0 Å². The lowest BCUT2D eigenvalue weighted by atomic mass is 9.93. The van der Waals surface area contributed by atoms with Gasteiger partial charge in [-0.1, -0.05) is 30.3 Å². The lowest BCUT2D eigenvalue weighted by Crippen LogP contribution is -2.47. The molecule has 2 aromatic carbocycles. The largest absolute Gasteiger partial charge is 0.395 e. The molecule has 154 valence electrons. The molecule has 5 heteroatoms. The monoisotopic (exact) mass is 393 g/mol. The van der Waals surface area contributed by atoms with Crippen LogP contribution >= 0.6 is 0 Å². The molecular formula is C24H31N3O2. The van der Waals surface area contributed by atoms with Crippen molar-refractivity contribution in [2.45, 2.75) is 19.8 Å². The minimum atomic E-state index is 0.118. The Kier molecular flexibility index (Phi) is 6.28. The van der Waals surface area contributed by atoms with Gasteiger partial charge in [-0.15, -0.1) is 0 Å². The zero-order valence-corrected chi connectivity index (χ0v) is 17.3. The fraction of sp³-hybridized carbons (Fsp3) is 0.458. The van der Waals surface area contributed by atoms with Crippen LogP contribution in [0.3, 0.4) is 0 Å². The van der Waals surface area contributed by atoms with E-state index in [1.165, 1.54) is 22.5 Å². The molecule has 1 saturated heterocycles. The third-order valence-electron chi connectivity index (χ3n) is 6.18. The molecular weight excluding hydrogens is 362 g/mol. The number of rotatable bonds is 7. The summed E-state index contributed by atoms with van der Waals surface area (Å²) < 4.78 is 0. The Balaban J connectivity index is 1.45. The summed E-state index contributed by atoms with van der Waals surface area (Å²) in [5.74, 6) is 0.118. The van der Waals surface area contributed by atoms with Crippen molar-refractivity contribution in [3.8, 4) is 0 Å². The van der Waals surface area contributed by atoms with Gasteiger partial charge in [0.2, 0.25) is 0 Å². The first-order valence-corrected chi connectivity index (χ1v) is 10.7. The number of Topliss-reactive ketones (excluding diaryl/α,β-unsaturated/α-hetero) is 1. The molecule has 1 fully saturated rings. The van der Waals surface area contributed by atoms with Gasteiger partial charge in [0.15, 0.2) is 5.78 Å². The summed E-state index contributed by atoms with van der Waals surface area (Å²) >= 11 is 0. The molecule has 0 radical (unpaired) electrons. The average Bonchev–Trinajstić information content (AvgIpc) is 2.74. The Morgan fingerprint density at radius 2 is 1.59 bits per heavy atom. The summed E-state index contributed by atoms with van der Waals surface area (Å²) in [6.45, 7) is 8.91. The van der Waals surface area contributed by atoms with Gasteiger partial charge in [-0.05, 0) is 43.1 Å². The predicted molar refractivity (Wildman–Crippen MR) is 117 cm³/mol. The molecule has 29 heavy (non-hydrogen) atoms. The second-order valence-electron chi connectivity index (χ2n) is 8.12. The molecule has 0 aromatic heterocycles. The highest BCUT2D eigenvalue weighted by Crippen LogP contribution is 2.39. The first-order chi connectivity index (χ1) is 14.2. The number of anilines is 2. The van der Waals surface area contributed by atoms with Gasteiger partial charge < -0.3 is 14.9 Å². The third kappa shape index (κ3) is 4.53. The van der Waals surface area contributed by atoms with Crippen LogP contribution in [-0.2, 0) is 6.42 Å². The molecule has 2 heterocycles. The van der Waals surface area contributed by atoms with Gasteiger partial charge in [-0.25, -0.2) is 0 Å². The van der Waals surface area contributed by atoms with E-state index in [9.17, 15) is 4.79 Å².